The van der Waals surface area contributed by atoms with Crippen LogP contribution >= 0.6 is 11.8 Å². The van der Waals surface area contributed by atoms with Crippen LogP contribution in [0.15, 0.2) is 46.5 Å². The second kappa shape index (κ2) is 9.58. The third-order valence-corrected chi connectivity index (χ3v) is 7.80. The Bertz CT molecular complexity index is 1040. The molecule has 1 aliphatic heterocycles. The molecule has 2 aromatic rings. The largest absolute Gasteiger partial charge is 0.417 e. The molecule has 31 heavy (non-hydrogen) atoms. The summed E-state index contributed by atoms with van der Waals surface area (Å²) in [6.45, 7) is 2.67. The molecule has 0 bridgehead atoms. The number of anilines is 1. The Morgan fingerprint density at radius 1 is 1.16 bits per heavy atom. The van der Waals surface area contributed by atoms with E-state index >= 15 is 0 Å². The summed E-state index contributed by atoms with van der Waals surface area (Å²) in [7, 11) is -3.65. The summed E-state index contributed by atoms with van der Waals surface area (Å²) >= 11 is 0.986. The van der Waals surface area contributed by atoms with E-state index in [-0.39, 0.29) is 15.7 Å². The lowest BCUT2D eigenvalue weighted by Crippen LogP contribution is -2.36. The number of aromatic nitrogens is 1. The maximum absolute atomic E-state index is 13.0. The highest BCUT2D eigenvalue weighted by Gasteiger charge is 2.31. The van der Waals surface area contributed by atoms with Gasteiger partial charge in [-0.1, -0.05) is 24.2 Å². The summed E-state index contributed by atoms with van der Waals surface area (Å²) < 4.78 is 65.2. The topological polar surface area (TPSA) is 79.4 Å². The van der Waals surface area contributed by atoms with Crippen molar-refractivity contribution in [2.45, 2.75) is 42.3 Å². The molecule has 0 aliphatic carbocycles. The monoisotopic (exact) mass is 473 g/mol. The Kier molecular flexibility index (Phi) is 7.28. The van der Waals surface area contributed by atoms with Crippen LogP contribution in [0.1, 0.15) is 30.4 Å². The van der Waals surface area contributed by atoms with E-state index in [1.165, 1.54) is 16.4 Å². The Balaban J connectivity index is 1.64. The molecule has 1 aromatic carbocycles. The number of sulfonamides is 1. The smallest absolute Gasteiger partial charge is 0.325 e. The molecule has 168 valence electrons. The molecule has 1 saturated heterocycles. The van der Waals surface area contributed by atoms with E-state index < -0.39 is 27.7 Å². The van der Waals surface area contributed by atoms with Crippen molar-refractivity contribution in [1.82, 2.24) is 9.29 Å². The molecule has 1 amide bonds. The number of piperidine rings is 1. The number of carbonyl (C=O) groups excluding carboxylic acids is 1. The standard InChI is InChI=1S/C20H22F3N3O3S2/c1-14-5-7-16(11-17(14)31(28,29)26-9-3-2-4-10-26)25-18(27)13-30-19-8-6-15(12-24-19)20(21,22)23/h5-8,11-12H,2-4,9-10,13H2,1H3,(H,25,27). The first kappa shape index (κ1) is 23.6. The van der Waals surface area contributed by atoms with Gasteiger partial charge in [0.15, 0.2) is 0 Å². The first-order valence-electron chi connectivity index (χ1n) is 9.64. The fourth-order valence-corrected chi connectivity index (χ4v) is 5.58. The minimum absolute atomic E-state index is 0.0829. The van der Waals surface area contributed by atoms with Gasteiger partial charge in [-0.05, 0) is 49.6 Å². The van der Waals surface area contributed by atoms with Crippen molar-refractivity contribution in [1.29, 1.82) is 0 Å². The quantitative estimate of drug-likeness (QED) is 0.633. The molecule has 2 heterocycles. The molecule has 1 aromatic heterocycles. The number of hydrogen-bond acceptors (Lipinski definition) is 5. The summed E-state index contributed by atoms with van der Waals surface area (Å²) in [5.41, 5.74) is 0.0717. The Morgan fingerprint density at radius 2 is 1.87 bits per heavy atom. The van der Waals surface area contributed by atoms with Crippen LogP contribution < -0.4 is 5.32 Å². The van der Waals surface area contributed by atoms with Crippen molar-refractivity contribution in [3.05, 3.63) is 47.7 Å². The van der Waals surface area contributed by atoms with E-state index in [2.05, 4.69) is 10.3 Å². The van der Waals surface area contributed by atoms with Gasteiger partial charge in [0.05, 0.1) is 21.2 Å². The van der Waals surface area contributed by atoms with Gasteiger partial charge in [0.25, 0.3) is 0 Å². The van der Waals surface area contributed by atoms with Gasteiger partial charge < -0.3 is 5.32 Å². The maximum atomic E-state index is 13.0. The molecule has 11 heteroatoms. The van der Waals surface area contributed by atoms with Gasteiger partial charge in [0.2, 0.25) is 15.9 Å². The number of benzene rings is 1. The number of thioether (sulfide) groups is 1. The van der Waals surface area contributed by atoms with Crippen molar-refractivity contribution < 1.29 is 26.4 Å². The molecule has 0 spiro atoms. The zero-order valence-electron chi connectivity index (χ0n) is 16.8. The highest BCUT2D eigenvalue weighted by Crippen LogP contribution is 2.30. The van der Waals surface area contributed by atoms with Crippen molar-refractivity contribution in [2.24, 2.45) is 0 Å². The number of pyridine rings is 1. The van der Waals surface area contributed by atoms with E-state index in [4.69, 9.17) is 0 Å². The first-order chi connectivity index (χ1) is 14.6. The predicted octanol–water partition coefficient (Wildman–Crippen LogP) is 4.31. The zero-order valence-corrected chi connectivity index (χ0v) is 18.4. The van der Waals surface area contributed by atoms with Crippen LogP contribution in [0.3, 0.4) is 0 Å². The fourth-order valence-electron chi connectivity index (χ4n) is 3.17. The van der Waals surface area contributed by atoms with Crippen molar-refractivity contribution >= 4 is 33.4 Å². The number of nitrogens with one attached hydrogen (secondary N) is 1. The number of aryl methyl sites for hydroxylation is 1. The van der Waals surface area contributed by atoms with Crippen molar-refractivity contribution in [3.8, 4) is 0 Å². The molecule has 6 nitrogen and oxygen atoms in total. The van der Waals surface area contributed by atoms with Crippen LogP contribution in [0.5, 0.6) is 0 Å². The minimum Gasteiger partial charge on any atom is -0.325 e. The summed E-state index contributed by atoms with van der Waals surface area (Å²) in [5, 5.41) is 2.92. The van der Waals surface area contributed by atoms with Crippen LogP contribution in [0, 0.1) is 6.92 Å². The number of nitrogens with zero attached hydrogens (tertiary/aromatic N) is 2. The summed E-state index contributed by atoms with van der Waals surface area (Å²) in [4.78, 5) is 16.1. The number of alkyl halides is 3. The minimum atomic E-state index is -4.47. The SMILES string of the molecule is Cc1ccc(NC(=O)CSc2ccc(C(F)(F)F)cn2)cc1S(=O)(=O)N1CCCCC1. The average Bonchev–Trinajstić information content (AvgIpc) is 2.74. The second-order valence-corrected chi connectivity index (χ2v) is 10.1. The molecule has 0 radical (unpaired) electrons. The van der Waals surface area contributed by atoms with Gasteiger partial charge in [-0.2, -0.15) is 17.5 Å². The van der Waals surface area contributed by atoms with Gasteiger partial charge in [-0.25, -0.2) is 13.4 Å². The Hall–Kier alpha value is -2.11. The highest BCUT2D eigenvalue weighted by atomic mass is 32.2. The van der Waals surface area contributed by atoms with Gasteiger partial charge in [-0.15, -0.1) is 0 Å². The lowest BCUT2D eigenvalue weighted by Gasteiger charge is -2.26. The second-order valence-electron chi connectivity index (χ2n) is 7.16. The van der Waals surface area contributed by atoms with Crippen LogP contribution in [-0.2, 0) is 21.0 Å². The number of halogens is 3. The summed E-state index contributed by atoms with van der Waals surface area (Å²) in [6.07, 6.45) is -1.09. The van der Waals surface area contributed by atoms with Crippen molar-refractivity contribution in [2.75, 3.05) is 24.2 Å². The number of rotatable bonds is 6. The van der Waals surface area contributed by atoms with Crippen LogP contribution in [-0.4, -0.2) is 42.5 Å². The van der Waals surface area contributed by atoms with E-state index in [1.54, 1.807) is 19.1 Å². The van der Waals surface area contributed by atoms with E-state index in [1.807, 2.05) is 0 Å². The number of carbonyl (C=O) groups is 1. The number of hydrogen-bond donors (Lipinski definition) is 1. The molecule has 3 rings (SSSR count). The van der Waals surface area contributed by atoms with Gasteiger partial charge in [-0.3, -0.25) is 4.79 Å². The van der Waals surface area contributed by atoms with E-state index in [0.29, 0.717) is 24.3 Å². The molecule has 1 N–H and O–H groups in total. The Labute approximate surface area is 183 Å². The Morgan fingerprint density at radius 3 is 2.48 bits per heavy atom. The molecular weight excluding hydrogens is 451 g/mol. The van der Waals surface area contributed by atoms with E-state index in [0.717, 1.165) is 43.3 Å². The predicted molar refractivity (Wildman–Crippen MR) is 112 cm³/mol. The molecule has 1 aliphatic rings. The fraction of sp³-hybridized carbons (Fsp3) is 0.400. The maximum Gasteiger partial charge on any atom is 0.417 e. The van der Waals surface area contributed by atoms with Gasteiger partial charge >= 0.3 is 6.18 Å². The number of amides is 1. The molecule has 0 saturated carbocycles. The first-order valence-corrected chi connectivity index (χ1v) is 12.1. The van der Waals surface area contributed by atoms with Crippen LogP contribution in [0.25, 0.3) is 0 Å². The van der Waals surface area contributed by atoms with Crippen molar-refractivity contribution in [3.63, 3.8) is 0 Å². The summed E-state index contributed by atoms with van der Waals surface area (Å²) in [5.74, 6) is -0.502. The molecular formula is C20H22F3N3O3S2. The lowest BCUT2D eigenvalue weighted by atomic mass is 10.2. The normalized spacial score (nSPS) is 15.6. The molecule has 1 fully saturated rings. The highest BCUT2D eigenvalue weighted by molar-refractivity contribution is 7.99. The lowest BCUT2D eigenvalue weighted by molar-refractivity contribution is -0.137. The third kappa shape index (κ3) is 5.98. The molecule has 0 atom stereocenters. The van der Waals surface area contributed by atoms with Crippen LogP contribution in [0.4, 0.5) is 18.9 Å². The van der Waals surface area contributed by atoms with Crippen LogP contribution in [0.2, 0.25) is 0 Å². The third-order valence-electron chi connectivity index (χ3n) is 4.82. The van der Waals surface area contributed by atoms with Gasteiger partial charge in [0.1, 0.15) is 0 Å². The van der Waals surface area contributed by atoms with Gasteiger partial charge in [0, 0.05) is 25.0 Å². The van der Waals surface area contributed by atoms with E-state index in [9.17, 15) is 26.4 Å². The summed E-state index contributed by atoms with van der Waals surface area (Å²) in [6, 6.07) is 6.81. The molecule has 0 unspecified atom stereocenters. The average molecular weight is 474 g/mol. The zero-order chi connectivity index (χ0) is 22.6.